The van der Waals surface area contributed by atoms with Crippen LogP contribution in [-0.2, 0) is 6.54 Å². The standard InChI is InChI=1S/C12H21N3O/c1-3-14(4-2)8-6-10-15-9-5-7-11(13)12(15)16/h5,7,9H,3-4,6,8,10,13H2,1-2H3. The molecule has 1 aromatic rings. The van der Waals surface area contributed by atoms with Crippen molar-refractivity contribution in [3.05, 3.63) is 28.7 Å². The predicted octanol–water partition coefficient (Wildman–Crippen LogP) is 1.16. The molecular formula is C12H21N3O. The lowest BCUT2D eigenvalue weighted by Crippen LogP contribution is -2.27. The first-order valence-electron chi connectivity index (χ1n) is 5.86. The molecule has 0 radical (unpaired) electrons. The Labute approximate surface area is 96.7 Å². The third-order valence-electron chi connectivity index (χ3n) is 2.82. The van der Waals surface area contributed by atoms with Gasteiger partial charge in [-0.1, -0.05) is 13.8 Å². The molecule has 0 aliphatic rings. The van der Waals surface area contributed by atoms with Crippen LogP contribution >= 0.6 is 0 Å². The first-order valence-corrected chi connectivity index (χ1v) is 5.86. The first kappa shape index (κ1) is 12.8. The summed E-state index contributed by atoms with van der Waals surface area (Å²) in [6.45, 7) is 8.17. The molecule has 4 heteroatoms. The quantitative estimate of drug-likeness (QED) is 0.787. The molecule has 0 aromatic carbocycles. The molecule has 0 bridgehead atoms. The van der Waals surface area contributed by atoms with E-state index in [4.69, 9.17) is 5.73 Å². The first-order chi connectivity index (χ1) is 7.69. The Morgan fingerprint density at radius 1 is 1.38 bits per heavy atom. The lowest BCUT2D eigenvalue weighted by atomic mass is 10.3. The Balaban J connectivity index is 2.49. The number of aromatic nitrogens is 1. The fraction of sp³-hybridized carbons (Fsp3) is 0.583. The summed E-state index contributed by atoms with van der Waals surface area (Å²) in [7, 11) is 0. The number of hydrogen-bond donors (Lipinski definition) is 1. The summed E-state index contributed by atoms with van der Waals surface area (Å²) in [6, 6.07) is 3.46. The van der Waals surface area contributed by atoms with Crippen LogP contribution in [-0.4, -0.2) is 29.1 Å². The smallest absolute Gasteiger partial charge is 0.273 e. The minimum absolute atomic E-state index is 0.0814. The highest BCUT2D eigenvalue weighted by Crippen LogP contribution is 1.96. The van der Waals surface area contributed by atoms with Crippen molar-refractivity contribution in [2.45, 2.75) is 26.8 Å². The molecule has 4 nitrogen and oxygen atoms in total. The SMILES string of the molecule is CCN(CC)CCCn1cccc(N)c1=O. The number of nitrogens with two attached hydrogens (primary N) is 1. The average molecular weight is 223 g/mol. The molecule has 0 fully saturated rings. The van der Waals surface area contributed by atoms with Gasteiger partial charge in [0.15, 0.2) is 0 Å². The Bertz CT molecular complexity index is 369. The van der Waals surface area contributed by atoms with Gasteiger partial charge in [0.25, 0.3) is 5.56 Å². The van der Waals surface area contributed by atoms with E-state index in [9.17, 15) is 4.79 Å². The summed E-state index contributed by atoms with van der Waals surface area (Å²) >= 11 is 0. The van der Waals surface area contributed by atoms with Crippen LogP contribution in [0.4, 0.5) is 5.69 Å². The summed E-state index contributed by atoms with van der Waals surface area (Å²) in [6.07, 6.45) is 2.77. The lowest BCUT2D eigenvalue weighted by molar-refractivity contribution is 0.292. The van der Waals surface area contributed by atoms with E-state index in [0.29, 0.717) is 5.69 Å². The van der Waals surface area contributed by atoms with Gasteiger partial charge in [-0.3, -0.25) is 4.79 Å². The van der Waals surface area contributed by atoms with Gasteiger partial charge < -0.3 is 15.2 Å². The molecule has 1 rings (SSSR count). The number of nitrogen functional groups attached to an aromatic ring is 1. The molecule has 0 aliphatic heterocycles. The second-order valence-corrected chi connectivity index (χ2v) is 3.84. The molecule has 16 heavy (non-hydrogen) atoms. The van der Waals surface area contributed by atoms with Crippen molar-refractivity contribution in [3.8, 4) is 0 Å². The Hall–Kier alpha value is -1.29. The lowest BCUT2D eigenvalue weighted by Gasteiger charge is -2.17. The molecule has 0 spiro atoms. The molecule has 1 aromatic heterocycles. The summed E-state index contributed by atoms with van der Waals surface area (Å²) in [5, 5.41) is 0. The normalized spacial score (nSPS) is 10.9. The van der Waals surface area contributed by atoms with Gasteiger partial charge in [0.05, 0.1) is 5.69 Å². The monoisotopic (exact) mass is 223 g/mol. The Morgan fingerprint density at radius 3 is 2.69 bits per heavy atom. The number of hydrogen-bond acceptors (Lipinski definition) is 3. The molecule has 90 valence electrons. The van der Waals surface area contributed by atoms with Crippen molar-refractivity contribution >= 4 is 5.69 Å². The van der Waals surface area contributed by atoms with Gasteiger partial charge in [-0.25, -0.2) is 0 Å². The molecule has 2 N–H and O–H groups in total. The van der Waals surface area contributed by atoms with E-state index in [1.54, 1.807) is 16.8 Å². The molecule has 0 saturated heterocycles. The van der Waals surface area contributed by atoms with Gasteiger partial charge in [-0.15, -0.1) is 0 Å². The summed E-state index contributed by atoms with van der Waals surface area (Å²) < 4.78 is 1.68. The molecule has 0 aliphatic carbocycles. The van der Waals surface area contributed by atoms with E-state index in [-0.39, 0.29) is 5.56 Å². The van der Waals surface area contributed by atoms with Gasteiger partial charge in [0, 0.05) is 12.7 Å². The fourth-order valence-corrected chi connectivity index (χ4v) is 1.74. The number of nitrogens with zero attached hydrogens (tertiary/aromatic N) is 2. The van der Waals surface area contributed by atoms with Crippen molar-refractivity contribution in [2.24, 2.45) is 0 Å². The van der Waals surface area contributed by atoms with Crippen molar-refractivity contribution in [2.75, 3.05) is 25.4 Å². The molecule has 0 amide bonds. The highest BCUT2D eigenvalue weighted by Gasteiger charge is 2.01. The number of rotatable bonds is 6. The maximum atomic E-state index is 11.6. The van der Waals surface area contributed by atoms with Gasteiger partial charge in [0.1, 0.15) is 0 Å². The van der Waals surface area contributed by atoms with E-state index < -0.39 is 0 Å². The van der Waals surface area contributed by atoms with Crippen molar-refractivity contribution in [1.82, 2.24) is 9.47 Å². The van der Waals surface area contributed by atoms with Crippen LogP contribution in [0.5, 0.6) is 0 Å². The Morgan fingerprint density at radius 2 is 2.06 bits per heavy atom. The second-order valence-electron chi connectivity index (χ2n) is 3.84. The van der Waals surface area contributed by atoms with Crippen LogP contribution < -0.4 is 11.3 Å². The largest absolute Gasteiger partial charge is 0.394 e. The van der Waals surface area contributed by atoms with Crippen molar-refractivity contribution in [3.63, 3.8) is 0 Å². The van der Waals surface area contributed by atoms with Crippen LogP contribution in [0.2, 0.25) is 0 Å². The minimum Gasteiger partial charge on any atom is -0.394 e. The molecule has 0 atom stereocenters. The molecule has 1 heterocycles. The third-order valence-corrected chi connectivity index (χ3v) is 2.82. The van der Waals surface area contributed by atoms with Crippen LogP contribution in [0.25, 0.3) is 0 Å². The number of aryl methyl sites for hydroxylation is 1. The second kappa shape index (κ2) is 6.33. The van der Waals surface area contributed by atoms with Crippen LogP contribution in [0.1, 0.15) is 20.3 Å². The van der Waals surface area contributed by atoms with Crippen LogP contribution in [0, 0.1) is 0 Å². The molecular weight excluding hydrogens is 202 g/mol. The van der Waals surface area contributed by atoms with E-state index in [2.05, 4.69) is 18.7 Å². The minimum atomic E-state index is -0.0814. The molecule has 0 unspecified atom stereocenters. The third kappa shape index (κ3) is 3.38. The highest BCUT2D eigenvalue weighted by atomic mass is 16.1. The van der Waals surface area contributed by atoms with Crippen LogP contribution in [0.15, 0.2) is 23.1 Å². The maximum absolute atomic E-state index is 11.6. The average Bonchev–Trinajstić information content (AvgIpc) is 2.30. The van der Waals surface area contributed by atoms with E-state index >= 15 is 0 Å². The van der Waals surface area contributed by atoms with Crippen molar-refractivity contribution in [1.29, 1.82) is 0 Å². The van der Waals surface area contributed by atoms with E-state index in [1.807, 2.05) is 6.07 Å². The Kier molecular flexibility index (Phi) is 5.05. The highest BCUT2D eigenvalue weighted by molar-refractivity contribution is 5.33. The van der Waals surface area contributed by atoms with E-state index in [1.165, 1.54) is 0 Å². The molecule has 0 saturated carbocycles. The summed E-state index contributed by atoms with van der Waals surface area (Å²) in [4.78, 5) is 14.0. The number of pyridine rings is 1. The topological polar surface area (TPSA) is 51.3 Å². The zero-order valence-corrected chi connectivity index (χ0v) is 10.1. The van der Waals surface area contributed by atoms with Gasteiger partial charge in [-0.05, 0) is 38.2 Å². The maximum Gasteiger partial charge on any atom is 0.273 e. The zero-order valence-electron chi connectivity index (χ0n) is 10.1. The van der Waals surface area contributed by atoms with Gasteiger partial charge in [-0.2, -0.15) is 0 Å². The van der Waals surface area contributed by atoms with Gasteiger partial charge in [0.2, 0.25) is 0 Å². The van der Waals surface area contributed by atoms with Gasteiger partial charge >= 0.3 is 0 Å². The van der Waals surface area contributed by atoms with Crippen molar-refractivity contribution < 1.29 is 0 Å². The zero-order chi connectivity index (χ0) is 12.0. The summed E-state index contributed by atoms with van der Waals surface area (Å²) in [5.41, 5.74) is 5.80. The summed E-state index contributed by atoms with van der Waals surface area (Å²) in [5.74, 6) is 0. The van der Waals surface area contributed by atoms with Crippen LogP contribution in [0.3, 0.4) is 0 Å². The fourth-order valence-electron chi connectivity index (χ4n) is 1.74. The number of anilines is 1. The predicted molar refractivity (Wildman–Crippen MR) is 67.5 cm³/mol. The van der Waals surface area contributed by atoms with E-state index in [0.717, 1.165) is 32.6 Å².